The third-order valence-corrected chi connectivity index (χ3v) is 7.67. The molecule has 0 radical (unpaired) electrons. The number of amides is 2. The molecule has 7 nitrogen and oxygen atoms in total. The Balaban J connectivity index is 1.55. The maximum absolute atomic E-state index is 13.5. The molecular formula is C27H41N3O4. The van der Waals surface area contributed by atoms with Gasteiger partial charge >= 0.3 is 0 Å². The molecule has 34 heavy (non-hydrogen) atoms. The Morgan fingerprint density at radius 3 is 2.62 bits per heavy atom. The first-order valence-electron chi connectivity index (χ1n) is 13.1. The van der Waals surface area contributed by atoms with E-state index in [-0.39, 0.29) is 42.4 Å². The van der Waals surface area contributed by atoms with Crippen LogP contribution in [0.5, 0.6) is 5.75 Å². The fourth-order valence-corrected chi connectivity index (χ4v) is 5.30. The number of likely N-dealkylation sites (N-methyl/N-ethyl adjacent to an activating group) is 1. The van der Waals surface area contributed by atoms with Crippen LogP contribution in [0.3, 0.4) is 0 Å². The summed E-state index contributed by atoms with van der Waals surface area (Å²) in [6, 6.07) is 5.06. The van der Waals surface area contributed by atoms with Crippen LogP contribution in [0.2, 0.25) is 0 Å². The molecule has 7 heteroatoms. The van der Waals surface area contributed by atoms with Crippen molar-refractivity contribution < 1.29 is 19.4 Å². The number of hydrogen-bond donors (Lipinski definition) is 2. The van der Waals surface area contributed by atoms with Gasteiger partial charge in [-0.15, -0.1) is 0 Å². The summed E-state index contributed by atoms with van der Waals surface area (Å²) in [6.45, 7) is 6.27. The van der Waals surface area contributed by atoms with Gasteiger partial charge in [0.2, 0.25) is 5.91 Å². The van der Waals surface area contributed by atoms with Gasteiger partial charge in [0.25, 0.3) is 5.91 Å². The fraction of sp³-hybridized carbons (Fsp3) is 0.704. The Hall–Kier alpha value is -2.12. The molecule has 1 aliphatic heterocycles. The van der Waals surface area contributed by atoms with Gasteiger partial charge in [-0.3, -0.25) is 9.59 Å². The van der Waals surface area contributed by atoms with Crippen molar-refractivity contribution in [2.75, 3.05) is 38.6 Å². The highest BCUT2D eigenvalue weighted by molar-refractivity contribution is 6.00. The molecule has 0 bridgehead atoms. The van der Waals surface area contributed by atoms with Crippen molar-refractivity contribution in [3.63, 3.8) is 0 Å². The molecule has 2 saturated carbocycles. The number of carbonyl (C=O) groups is 2. The monoisotopic (exact) mass is 471 g/mol. The molecule has 0 spiro atoms. The predicted octanol–water partition coefficient (Wildman–Crippen LogP) is 3.77. The number of fused-ring (bicyclic) bond motifs is 1. The van der Waals surface area contributed by atoms with Gasteiger partial charge in [0.15, 0.2) is 0 Å². The summed E-state index contributed by atoms with van der Waals surface area (Å²) < 4.78 is 6.50. The molecule has 1 aromatic rings. The number of aliphatic hydroxyl groups excluding tert-OH is 1. The lowest BCUT2D eigenvalue weighted by Gasteiger charge is -2.38. The highest BCUT2D eigenvalue weighted by Gasteiger charge is 2.34. The fourth-order valence-electron chi connectivity index (χ4n) is 5.30. The number of benzene rings is 1. The average molecular weight is 472 g/mol. The Bertz CT molecular complexity index is 865. The molecule has 188 valence electrons. The van der Waals surface area contributed by atoms with E-state index in [9.17, 15) is 14.7 Å². The van der Waals surface area contributed by atoms with Crippen LogP contribution in [0.1, 0.15) is 69.2 Å². The van der Waals surface area contributed by atoms with Gasteiger partial charge in [-0.2, -0.15) is 0 Å². The van der Waals surface area contributed by atoms with Gasteiger partial charge in [-0.1, -0.05) is 26.2 Å². The van der Waals surface area contributed by atoms with Crippen molar-refractivity contribution in [2.24, 2.45) is 17.8 Å². The molecule has 0 unspecified atom stereocenters. The second-order valence-corrected chi connectivity index (χ2v) is 10.8. The van der Waals surface area contributed by atoms with Crippen LogP contribution in [0.15, 0.2) is 18.2 Å². The maximum Gasteiger partial charge on any atom is 0.258 e. The summed E-state index contributed by atoms with van der Waals surface area (Å²) in [5, 5.41) is 12.8. The Morgan fingerprint density at radius 1 is 1.21 bits per heavy atom. The van der Waals surface area contributed by atoms with Crippen molar-refractivity contribution in [3.05, 3.63) is 23.8 Å². The third kappa shape index (κ3) is 6.11. The van der Waals surface area contributed by atoms with Crippen LogP contribution >= 0.6 is 0 Å². The summed E-state index contributed by atoms with van der Waals surface area (Å²) in [7, 11) is 2.17. The Morgan fingerprint density at radius 2 is 1.94 bits per heavy atom. The van der Waals surface area contributed by atoms with Crippen LogP contribution in [-0.2, 0) is 4.79 Å². The normalized spacial score (nSPS) is 24.7. The lowest BCUT2D eigenvalue weighted by molar-refractivity contribution is -0.117. The quantitative estimate of drug-likeness (QED) is 0.603. The molecule has 2 N–H and O–H groups in total. The summed E-state index contributed by atoms with van der Waals surface area (Å²) in [6.07, 6.45) is 8.40. The number of hydrogen-bond acceptors (Lipinski definition) is 5. The van der Waals surface area contributed by atoms with E-state index in [1.165, 1.54) is 32.1 Å². The zero-order chi connectivity index (χ0) is 24.2. The molecule has 2 amide bonds. The molecule has 4 rings (SSSR count). The van der Waals surface area contributed by atoms with Crippen molar-refractivity contribution >= 4 is 17.5 Å². The van der Waals surface area contributed by atoms with Crippen LogP contribution in [0.25, 0.3) is 0 Å². The second kappa shape index (κ2) is 11.1. The predicted molar refractivity (Wildman–Crippen MR) is 133 cm³/mol. The highest BCUT2D eigenvalue weighted by Crippen LogP contribution is 2.33. The van der Waals surface area contributed by atoms with E-state index in [0.717, 1.165) is 31.8 Å². The average Bonchev–Trinajstić information content (AvgIpc) is 3.67. The topological polar surface area (TPSA) is 82.1 Å². The first kappa shape index (κ1) is 25.0. The number of carbonyl (C=O) groups excluding carboxylic acids is 2. The largest absolute Gasteiger partial charge is 0.488 e. The van der Waals surface area contributed by atoms with Crippen LogP contribution in [0.4, 0.5) is 5.69 Å². The van der Waals surface area contributed by atoms with E-state index in [1.54, 1.807) is 11.0 Å². The van der Waals surface area contributed by atoms with E-state index < -0.39 is 0 Å². The van der Waals surface area contributed by atoms with Gasteiger partial charge < -0.3 is 25.0 Å². The highest BCUT2D eigenvalue weighted by atomic mass is 16.5. The molecular weight excluding hydrogens is 430 g/mol. The van der Waals surface area contributed by atoms with E-state index in [0.29, 0.717) is 23.5 Å². The van der Waals surface area contributed by atoms with Crippen molar-refractivity contribution in [1.82, 2.24) is 9.80 Å². The summed E-state index contributed by atoms with van der Waals surface area (Å²) in [5.41, 5.74) is 1.06. The molecule has 3 atom stereocenters. The number of aliphatic hydroxyl groups is 1. The van der Waals surface area contributed by atoms with E-state index >= 15 is 0 Å². The van der Waals surface area contributed by atoms with Crippen molar-refractivity contribution in [1.29, 1.82) is 0 Å². The number of ether oxygens (including phenoxy) is 1. The van der Waals surface area contributed by atoms with Gasteiger partial charge in [0.05, 0.1) is 18.2 Å². The van der Waals surface area contributed by atoms with Crippen LogP contribution < -0.4 is 10.1 Å². The van der Waals surface area contributed by atoms with Crippen molar-refractivity contribution in [3.8, 4) is 5.75 Å². The van der Waals surface area contributed by atoms with Gasteiger partial charge in [-0.05, 0) is 63.8 Å². The molecule has 2 aliphatic carbocycles. The molecule has 1 aromatic carbocycles. The minimum Gasteiger partial charge on any atom is -0.488 e. The van der Waals surface area contributed by atoms with Gasteiger partial charge in [0.1, 0.15) is 11.9 Å². The lowest BCUT2D eigenvalue weighted by Crippen LogP contribution is -2.50. The zero-order valence-electron chi connectivity index (χ0n) is 21.0. The van der Waals surface area contributed by atoms with E-state index in [2.05, 4.69) is 24.2 Å². The minimum absolute atomic E-state index is 0.00980. The number of nitrogens with zero attached hydrogens (tertiary/aromatic N) is 2. The maximum atomic E-state index is 13.5. The molecule has 1 heterocycles. The Labute approximate surface area is 203 Å². The summed E-state index contributed by atoms with van der Waals surface area (Å²) >= 11 is 0. The van der Waals surface area contributed by atoms with Crippen molar-refractivity contribution in [2.45, 2.75) is 70.9 Å². The minimum atomic E-state index is -0.300. The van der Waals surface area contributed by atoms with Gasteiger partial charge in [-0.25, -0.2) is 0 Å². The first-order chi connectivity index (χ1) is 16.4. The Kier molecular flexibility index (Phi) is 8.14. The summed E-state index contributed by atoms with van der Waals surface area (Å²) in [5.74, 6) is 1.33. The number of nitrogens with one attached hydrogen (secondary N) is 1. The van der Waals surface area contributed by atoms with E-state index in [1.807, 2.05) is 19.1 Å². The zero-order valence-corrected chi connectivity index (χ0v) is 21.0. The van der Waals surface area contributed by atoms with E-state index in [4.69, 9.17) is 4.74 Å². The first-order valence-corrected chi connectivity index (χ1v) is 13.1. The molecule has 3 aliphatic rings. The SMILES string of the molecule is C[C@H]1CN([C@@H](C)CO)C(=O)c2cc(NC(=O)C3CC3)ccc2O[C@H]1CN(C)CC1CCCCC1. The number of rotatable bonds is 8. The molecule has 0 aromatic heterocycles. The molecule has 2 fully saturated rings. The standard InChI is InChI=1S/C27H41N3O4/c1-18-14-30(19(2)17-31)27(33)23-13-22(28-26(32)21-9-10-21)11-12-24(23)34-25(18)16-29(3)15-20-7-5-4-6-8-20/h11-13,18-21,25,31H,4-10,14-17H2,1-3H3,(H,28,32)/t18-,19-,25-/m0/s1. The smallest absolute Gasteiger partial charge is 0.258 e. The van der Waals surface area contributed by atoms with Crippen LogP contribution in [-0.4, -0.2) is 72.2 Å². The number of anilines is 1. The second-order valence-electron chi connectivity index (χ2n) is 10.8. The lowest BCUT2D eigenvalue weighted by atomic mass is 9.89. The van der Waals surface area contributed by atoms with Crippen LogP contribution in [0, 0.1) is 17.8 Å². The summed E-state index contributed by atoms with van der Waals surface area (Å²) in [4.78, 5) is 29.9. The molecule has 0 saturated heterocycles. The van der Waals surface area contributed by atoms with Gasteiger partial charge in [0, 0.05) is 37.2 Å². The third-order valence-electron chi connectivity index (χ3n) is 7.67.